The van der Waals surface area contributed by atoms with Crippen LogP contribution in [0, 0.1) is 10.1 Å². The van der Waals surface area contributed by atoms with E-state index in [2.05, 4.69) is 6.58 Å². The van der Waals surface area contributed by atoms with Crippen LogP contribution >= 0.6 is 11.6 Å². The first-order valence-corrected chi connectivity index (χ1v) is 3.58. The summed E-state index contributed by atoms with van der Waals surface area (Å²) < 4.78 is 0. The molecule has 0 aromatic heterocycles. The molecule has 0 heterocycles. The van der Waals surface area contributed by atoms with Gasteiger partial charge in [-0.2, -0.15) is 0 Å². The predicted octanol–water partition coefficient (Wildman–Crippen LogP) is 2.59. The van der Waals surface area contributed by atoms with Gasteiger partial charge in [0.25, 0.3) is 5.70 Å². The topological polar surface area (TPSA) is 43.1 Å². The fraction of sp³-hybridized carbons (Fsp3) is 0. The van der Waals surface area contributed by atoms with E-state index in [4.69, 9.17) is 11.6 Å². The van der Waals surface area contributed by atoms with E-state index in [0.29, 0.717) is 10.6 Å². The lowest BCUT2D eigenvalue weighted by atomic mass is 10.2. The first kappa shape index (κ1) is 8.74. The number of nitrogens with zero attached hydrogens (tertiary/aromatic N) is 1. The van der Waals surface area contributed by atoms with Crippen LogP contribution in [0.15, 0.2) is 30.8 Å². The van der Waals surface area contributed by atoms with Crippen LogP contribution in [0.2, 0.25) is 5.02 Å². The quantitative estimate of drug-likeness (QED) is 0.523. The lowest BCUT2D eigenvalue weighted by Gasteiger charge is -1.95. The summed E-state index contributed by atoms with van der Waals surface area (Å²) >= 11 is 5.60. The molecule has 0 fully saturated rings. The van der Waals surface area contributed by atoms with Crippen LogP contribution in [0.1, 0.15) is 5.56 Å². The molecule has 0 radical (unpaired) electrons. The molecule has 4 heteroatoms. The fourth-order valence-electron chi connectivity index (χ4n) is 0.748. The van der Waals surface area contributed by atoms with Crippen LogP contribution in [0.25, 0.3) is 5.70 Å². The Morgan fingerprint density at radius 1 is 1.42 bits per heavy atom. The number of rotatable bonds is 2. The molecule has 0 saturated carbocycles. The summed E-state index contributed by atoms with van der Waals surface area (Å²) in [5.74, 6) is 0. The molecule has 0 amide bonds. The van der Waals surface area contributed by atoms with Gasteiger partial charge in [0.1, 0.15) is 0 Å². The summed E-state index contributed by atoms with van der Waals surface area (Å²) in [5, 5.41) is 10.8. The van der Waals surface area contributed by atoms with E-state index >= 15 is 0 Å². The van der Waals surface area contributed by atoms with Crippen molar-refractivity contribution in [1.29, 1.82) is 0 Å². The van der Waals surface area contributed by atoms with Crippen molar-refractivity contribution in [3.8, 4) is 0 Å². The van der Waals surface area contributed by atoms with Crippen LogP contribution in [0.4, 0.5) is 0 Å². The minimum Gasteiger partial charge on any atom is -0.258 e. The third kappa shape index (κ3) is 1.83. The standard InChI is InChI=1S/C8H6ClNO2/c1-6(10(11)12)7-2-4-8(9)5-3-7/h2-5H,1H2. The van der Waals surface area contributed by atoms with Crippen LogP contribution in [-0.4, -0.2) is 4.92 Å². The molecule has 0 saturated heterocycles. The number of hydrogen-bond donors (Lipinski definition) is 0. The summed E-state index contributed by atoms with van der Waals surface area (Å²) in [6.07, 6.45) is 0. The average molecular weight is 184 g/mol. The molecule has 0 N–H and O–H groups in total. The van der Waals surface area contributed by atoms with Crippen molar-refractivity contribution in [1.82, 2.24) is 0 Å². The van der Waals surface area contributed by atoms with Crippen molar-refractivity contribution in [2.75, 3.05) is 0 Å². The van der Waals surface area contributed by atoms with E-state index in [9.17, 15) is 10.1 Å². The van der Waals surface area contributed by atoms with Gasteiger partial charge in [0.05, 0.1) is 10.5 Å². The van der Waals surface area contributed by atoms with Crippen LogP contribution in [-0.2, 0) is 0 Å². The summed E-state index contributed by atoms with van der Waals surface area (Å²) in [5.41, 5.74) is 0.357. The predicted molar refractivity (Wildman–Crippen MR) is 47.5 cm³/mol. The Labute approximate surface area is 74.4 Å². The van der Waals surface area contributed by atoms with Crippen LogP contribution < -0.4 is 0 Å². The Kier molecular flexibility index (Phi) is 2.45. The van der Waals surface area contributed by atoms with Crippen LogP contribution in [0.3, 0.4) is 0 Å². The highest BCUT2D eigenvalue weighted by molar-refractivity contribution is 6.30. The minimum atomic E-state index is -0.525. The Bertz CT molecular complexity index is 318. The van der Waals surface area contributed by atoms with Gasteiger partial charge in [-0.15, -0.1) is 0 Å². The first-order valence-electron chi connectivity index (χ1n) is 3.20. The van der Waals surface area contributed by atoms with Crippen molar-refractivity contribution in [3.05, 3.63) is 51.5 Å². The zero-order chi connectivity index (χ0) is 9.14. The summed E-state index contributed by atoms with van der Waals surface area (Å²) in [7, 11) is 0. The summed E-state index contributed by atoms with van der Waals surface area (Å²) in [4.78, 5) is 9.73. The van der Waals surface area contributed by atoms with E-state index < -0.39 is 4.92 Å². The van der Waals surface area contributed by atoms with Gasteiger partial charge in [-0.1, -0.05) is 11.6 Å². The van der Waals surface area contributed by atoms with Gasteiger partial charge in [-0.05, 0) is 30.8 Å². The lowest BCUT2D eigenvalue weighted by Crippen LogP contribution is -1.95. The molecule has 1 aromatic carbocycles. The van der Waals surface area contributed by atoms with E-state index in [0.717, 1.165) is 0 Å². The molecule has 0 aliphatic rings. The van der Waals surface area contributed by atoms with E-state index in [-0.39, 0.29) is 5.70 Å². The molecule has 0 aliphatic carbocycles. The Hall–Kier alpha value is -1.35. The van der Waals surface area contributed by atoms with Crippen molar-refractivity contribution in [2.24, 2.45) is 0 Å². The largest absolute Gasteiger partial charge is 0.269 e. The zero-order valence-corrected chi connectivity index (χ0v) is 6.91. The van der Waals surface area contributed by atoms with E-state index in [1.807, 2.05) is 0 Å². The third-order valence-electron chi connectivity index (χ3n) is 1.40. The second-order valence-corrected chi connectivity index (χ2v) is 2.65. The molecule has 0 atom stereocenters. The highest BCUT2D eigenvalue weighted by Crippen LogP contribution is 2.15. The minimum absolute atomic E-state index is 0.119. The second-order valence-electron chi connectivity index (χ2n) is 2.21. The molecule has 0 bridgehead atoms. The molecule has 3 nitrogen and oxygen atoms in total. The molecule has 1 aromatic rings. The van der Waals surface area contributed by atoms with Crippen molar-refractivity contribution in [2.45, 2.75) is 0 Å². The molecule has 12 heavy (non-hydrogen) atoms. The highest BCUT2D eigenvalue weighted by Gasteiger charge is 2.08. The third-order valence-corrected chi connectivity index (χ3v) is 1.65. The second kappa shape index (κ2) is 3.36. The normalized spacial score (nSPS) is 9.42. The van der Waals surface area contributed by atoms with Gasteiger partial charge in [0.2, 0.25) is 0 Å². The number of halogens is 1. The average Bonchev–Trinajstić information content (AvgIpc) is 2.04. The van der Waals surface area contributed by atoms with Gasteiger partial charge in [-0.3, -0.25) is 10.1 Å². The number of nitro groups is 1. The maximum atomic E-state index is 10.3. The van der Waals surface area contributed by atoms with Gasteiger partial charge in [0, 0.05) is 5.02 Å². The Morgan fingerprint density at radius 3 is 2.33 bits per heavy atom. The van der Waals surface area contributed by atoms with Crippen molar-refractivity contribution < 1.29 is 4.92 Å². The van der Waals surface area contributed by atoms with Gasteiger partial charge >= 0.3 is 0 Å². The molecule has 0 aliphatic heterocycles. The van der Waals surface area contributed by atoms with Gasteiger partial charge in [0.15, 0.2) is 0 Å². The first-order chi connectivity index (χ1) is 5.61. The smallest absolute Gasteiger partial charge is 0.258 e. The Balaban J connectivity index is 2.98. The molecular weight excluding hydrogens is 178 g/mol. The fourth-order valence-corrected chi connectivity index (χ4v) is 0.874. The van der Waals surface area contributed by atoms with Crippen molar-refractivity contribution in [3.63, 3.8) is 0 Å². The van der Waals surface area contributed by atoms with Gasteiger partial charge in [-0.25, -0.2) is 0 Å². The molecule has 1 rings (SSSR count). The van der Waals surface area contributed by atoms with Crippen molar-refractivity contribution >= 4 is 17.3 Å². The van der Waals surface area contributed by atoms with E-state index in [1.165, 1.54) is 0 Å². The Morgan fingerprint density at radius 2 is 1.92 bits per heavy atom. The molecule has 0 unspecified atom stereocenters. The molecule has 62 valence electrons. The van der Waals surface area contributed by atoms with Crippen LogP contribution in [0.5, 0.6) is 0 Å². The monoisotopic (exact) mass is 183 g/mol. The zero-order valence-electron chi connectivity index (χ0n) is 6.16. The lowest BCUT2D eigenvalue weighted by molar-refractivity contribution is -0.375. The molecule has 0 spiro atoms. The summed E-state index contributed by atoms with van der Waals surface area (Å²) in [6, 6.07) is 6.30. The molecular formula is C8H6ClNO2. The number of benzene rings is 1. The maximum Gasteiger partial charge on any atom is 0.269 e. The summed E-state index contributed by atoms with van der Waals surface area (Å²) in [6.45, 7) is 3.31. The maximum absolute atomic E-state index is 10.3. The van der Waals surface area contributed by atoms with Gasteiger partial charge < -0.3 is 0 Å². The van der Waals surface area contributed by atoms with E-state index in [1.54, 1.807) is 24.3 Å². The highest BCUT2D eigenvalue weighted by atomic mass is 35.5. The SMILES string of the molecule is C=C(c1ccc(Cl)cc1)[N+](=O)[O-]. The number of hydrogen-bond acceptors (Lipinski definition) is 2.